The minimum Gasteiger partial charge on any atom is -0.115 e. The monoisotopic (exact) mass is 366 g/mol. The molecule has 0 amide bonds. The molecule has 1 aliphatic carbocycles. The van der Waals surface area contributed by atoms with Gasteiger partial charge in [0.1, 0.15) is 0 Å². The van der Waals surface area contributed by atoms with Gasteiger partial charge in [0, 0.05) is 6.42 Å². The van der Waals surface area contributed by atoms with E-state index in [2.05, 4.69) is 79.8 Å². The first kappa shape index (κ1) is 22.8. The first-order chi connectivity index (χ1) is 13.5. The molecule has 0 radical (unpaired) electrons. The number of terminal acetylenes is 1. The van der Waals surface area contributed by atoms with Gasteiger partial charge in [-0.1, -0.05) is 79.6 Å². The molecule has 2 aromatic rings. The van der Waals surface area contributed by atoms with Crippen LogP contribution in [0, 0.1) is 24.2 Å². The van der Waals surface area contributed by atoms with Gasteiger partial charge in [0.25, 0.3) is 0 Å². The van der Waals surface area contributed by atoms with Gasteiger partial charge in [0.05, 0.1) is 0 Å². The van der Waals surface area contributed by atoms with Crippen LogP contribution < -0.4 is 0 Å². The molecule has 0 fully saturated rings. The maximum atomic E-state index is 5.49. The quantitative estimate of drug-likeness (QED) is 0.376. The van der Waals surface area contributed by atoms with E-state index in [1.165, 1.54) is 33.1 Å². The molecule has 28 heavy (non-hydrogen) atoms. The lowest BCUT2D eigenvalue weighted by Crippen LogP contribution is -1.95. The summed E-state index contributed by atoms with van der Waals surface area (Å²) >= 11 is 0. The zero-order valence-electron chi connectivity index (χ0n) is 17.8. The Balaban J connectivity index is 0.000000583. The molecule has 1 aliphatic rings. The number of rotatable bonds is 2. The molecule has 0 nitrogen and oxygen atoms in total. The van der Waals surface area contributed by atoms with Crippen LogP contribution in [0.5, 0.6) is 0 Å². The van der Waals surface area contributed by atoms with E-state index < -0.39 is 0 Å². The summed E-state index contributed by atoms with van der Waals surface area (Å²) in [5.41, 5.74) is 5.90. The van der Waals surface area contributed by atoms with Crippen molar-refractivity contribution in [1.29, 1.82) is 0 Å². The van der Waals surface area contributed by atoms with E-state index in [1.54, 1.807) is 0 Å². The van der Waals surface area contributed by atoms with Crippen LogP contribution in [0.1, 0.15) is 46.6 Å². The normalized spacial score (nSPS) is 13.6. The standard InChI is InChI=1S/C22H16.C4H8.C2H6/c1-3-10-17(2)22(19-12-5-4-6-13-19)21-16-9-14-18-11-7-8-15-20(18)21;1-4(2)3;1-2/h1,5,7-12,14-16H,13H2,2H3;1H2,2-3H3;1-2H3/b17-10-,22-19+;;. The van der Waals surface area contributed by atoms with Gasteiger partial charge in [-0.05, 0) is 72.1 Å². The molecule has 0 bridgehead atoms. The summed E-state index contributed by atoms with van der Waals surface area (Å²) in [5, 5.41) is 2.47. The fourth-order valence-electron chi connectivity index (χ4n) is 2.86. The summed E-state index contributed by atoms with van der Waals surface area (Å²) in [6.07, 6.45) is 12.1. The van der Waals surface area contributed by atoms with Gasteiger partial charge in [-0.3, -0.25) is 0 Å². The molecule has 0 unspecified atom stereocenters. The fourth-order valence-corrected chi connectivity index (χ4v) is 2.86. The van der Waals surface area contributed by atoms with Gasteiger partial charge in [0.2, 0.25) is 0 Å². The molecule has 0 aromatic heterocycles. The zero-order chi connectivity index (χ0) is 20.9. The average molecular weight is 367 g/mol. The van der Waals surface area contributed by atoms with Crippen LogP contribution in [0.4, 0.5) is 0 Å². The van der Waals surface area contributed by atoms with Gasteiger partial charge >= 0.3 is 0 Å². The summed E-state index contributed by atoms with van der Waals surface area (Å²) in [5.74, 6) is 8.81. The lowest BCUT2D eigenvalue weighted by molar-refractivity contribution is 1.31. The van der Waals surface area contributed by atoms with Crippen molar-refractivity contribution in [1.82, 2.24) is 0 Å². The van der Waals surface area contributed by atoms with Crippen molar-refractivity contribution < 1.29 is 0 Å². The van der Waals surface area contributed by atoms with Crippen molar-refractivity contribution in [2.45, 2.75) is 41.0 Å². The zero-order valence-corrected chi connectivity index (χ0v) is 17.8. The van der Waals surface area contributed by atoms with Crippen molar-refractivity contribution in [3.05, 3.63) is 89.6 Å². The Morgan fingerprint density at radius 2 is 1.71 bits per heavy atom. The maximum Gasteiger partial charge on any atom is 0.0350 e. The predicted octanol–water partition coefficient (Wildman–Crippen LogP) is 7.74. The van der Waals surface area contributed by atoms with Crippen LogP contribution in [0.15, 0.2) is 84.0 Å². The minimum atomic E-state index is 0.755. The smallest absolute Gasteiger partial charge is 0.0350 e. The van der Waals surface area contributed by atoms with Crippen LogP contribution >= 0.6 is 0 Å². The Morgan fingerprint density at radius 1 is 1.07 bits per heavy atom. The Kier molecular flexibility index (Phi) is 9.96. The third-order valence-corrected chi connectivity index (χ3v) is 3.82. The Labute approximate surface area is 171 Å². The fraction of sp³-hybridized carbons (Fsp3) is 0.214. The molecule has 0 heteroatoms. The second-order valence-corrected chi connectivity index (χ2v) is 6.46. The van der Waals surface area contributed by atoms with Crippen LogP contribution in [0.3, 0.4) is 0 Å². The predicted molar refractivity (Wildman–Crippen MR) is 127 cm³/mol. The second kappa shape index (κ2) is 12.2. The van der Waals surface area contributed by atoms with E-state index >= 15 is 0 Å². The highest BCUT2D eigenvalue weighted by atomic mass is 14.2. The number of allylic oxidation sites excluding steroid dienone is 7. The first-order valence-electron chi connectivity index (χ1n) is 9.66. The van der Waals surface area contributed by atoms with Crippen molar-refractivity contribution in [2.24, 2.45) is 0 Å². The summed E-state index contributed by atoms with van der Waals surface area (Å²) in [4.78, 5) is 0. The molecular weight excluding hydrogens is 336 g/mol. The summed E-state index contributed by atoms with van der Waals surface area (Å²) < 4.78 is 0. The molecule has 0 spiro atoms. The largest absolute Gasteiger partial charge is 0.115 e. The molecule has 0 saturated carbocycles. The third kappa shape index (κ3) is 6.50. The highest BCUT2D eigenvalue weighted by molar-refractivity contribution is 5.99. The Bertz CT molecular complexity index is 996. The number of benzene rings is 2. The van der Waals surface area contributed by atoms with Gasteiger partial charge in [-0.15, -0.1) is 13.0 Å². The van der Waals surface area contributed by atoms with Crippen molar-refractivity contribution in [3.8, 4) is 24.2 Å². The molecule has 142 valence electrons. The second-order valence-electron chi connectivity index (χ2n) is 6.46. The third-order valence-electron chi connectivity index (χ3n) is 3.82. The van der Waals surface area contributed by atoms with Crippen molar-refractivity contribution in [2.75, 3.05) is 0 Å². The summed E-state index contributed by atoms with van der Waals surface area (Å²) in [6, 6.07) is 14.8. The van der Waals surface area contributed by atoms with Gasteiger partial charge in [-0.25, -0.2) is 0 Å². The topological polar surface area (TPSA) is 0 Å². The molecule has 0 saturated heterocycles. The van der Waals surface area contributed by atoms with Crippen LogP contribution in [0.25, 0.3) is 16.3 Å². The number of hydrogen-bond donors (Lipinski definition) is 0. The minimum absolute atomic E-state index is 0.755. The van der Waals surface area contributed by atoms with Crippen LogP contribution in [-0.4, -0.2) is 0 Å². The summed E-state index contributed by atoms with van der Waals surface area (Å²) in [6.45, 7) is 13.6. The van der Waals surface area contributed by atoms with Crippen LogP contribution in [-0.2, 0) is 0 Å². The van der Waals surface area contributed by atoms with Crippen molar-refractivity contribution >= 4 is 16.3 Å². The molecule has 0 atom stereocenters. The molecule has 0 N–H and O–H groups in total. The lowest BCUT2D eigenvalue weighted by Gasteiger charge is -2.16. The summed E-state index contributed by atoms with van der Waals surface area (Å²) in [7, 11) is 0. The highest BCUT2D eigenvalue weighted by Gasteiger charge is 2.13. The van der Waals surface area contributed by atoms with E-state index in [4.69, 9.17) is 6.42 Å². The van der Waals surface area contributed by atoms with E-state index in [0.717, 1.165) is 12.0 Å². The number of hydrogen-bond acceptors (Lipinski definition) is 0. The average Bonchev–Trinajstić information content (AvgIpc) is 2.71. The number of fused-ring (bicyclic) bond motifs is 1. The first-order valence-corrected chi connectivity index (χ1v) is 9.66. The molecule has 2 aromatic carbocycles. The molecule has 0 aliphatic heterocycles. The Morgan fingerprint density at radius 3 is 2.32 bits per heavy atom. The van der Waals surface area contributed by atoms with Crippen molar-refractivity contribution in [3.63, 3.8) is 0 Å². The molecular formula is C28H30. The van der Waals surface area contributed by atoms with E-state index in [-0.39, 0.29) is 0 Å². The van der Waals surface area contributed by atoms with Gasteiger partial charge in [-0.2, -0.15) is 0 Å². The molecule has 0 heterocycles. The molecule has 3 rings (SSSR count). The van der Waals surface area contributed by atoms with E-state index in [9.17, 15) is 0 Å². The van der Waals surface area contributed by atoms with E-state index in [1.807, 2.05) is 39.8 Å². The lowest BCUT2D eigenvalue weighted by atomic mass is 9.88. The van der Waals surface area contributed by atoms with E-state index in [0.29, 0.717) is 0 Å². The maximum absolute atomic E-state index is 5.49. The highest BCUT2D eigenvalue weighted by Crippen LogP contribution is 2.34. The van der Waals surface area contributed by atoms with Gasteiger partial charge < -0.3 is 0 Å². The van der Waals surface area contributed by atoms with Crippen LogP contribution in [0.2, 0.25) is 0 Å². The Hall–Kier alpha value is -3.22. The van der Waals surface area contributed by atoms with Gasteiger partial charge in [0.15, 0.2) is 0 Å². The SMILES string of the molecule is C#C/C=C(C)\C(=C1\C=CC#CC1)c1cccc2ccccc12.C=C(C)C.CC.